The lowest BCUT2D eigenvalue weighted by atomic mass is 10.1. The van der Waals surface area contributed by atoms with Gasteiger partial charge >= 0.3 is 5.97 Å². The Morgan fingerprint density at radius 3 is 2.52 bits per heavy atom. The number of carboxylic acids is 1. The smallest absolute Gasteiger partial charge is 0.326 e. The van der Waals surface area contributed by atoms with Crippen LogP contribution in [-0.2, 0) is 11.2 Å². The summed E-state index contributed by atoms with van der Waals surface area (Å²) in [6.07, 6.45) is 0.0563. The zero-order chi connectivity index (χ0) is 17.0. The van der Waals surface area contributed by atoms with E-state index in [1.54, 1.807) is 18.2 Å². The van der Waals surface area contributed by atoms with Crippen molar-refractivity contribution in [1.82, 2.24) is 5.32 Å². The normalized spacial score (nSPS) is 11.8. The van der Waals surface area contributed by atoms with E-state index < -0.39 is 35.1 Å². The minimum Gasteiger partial charge on any atom is -0.480 e. The average molecular weight is 431 g/mol. The Kier molecular flexibility index (Phi) is 5.64. The van der Waals surface area contributed by atoms with Crippen LogP contribution in [0.25, 0.3) is 0 Å². The lowest BCUT2D eigenvalue weighted by Crippen LogP contribution is -2.42. The van der Waals surface area contributed by atoms with E-state index in [0.29, 0.717) is 6.07 Å². The summed E-state index contributed by atoms with van der Waals surface area (Å²) in [4.78, 5) is 23.3. The second-order valence-electron chi connectivity index (χ2n) is 4.82. The number of carboxylic acid groups (broad SMARTS) is 1. The van der Waals surface area contributed by atoms with Gasteiger partial charge in [-0.25, -0.2) is 13.6 Å². The summed E-state index contributed by atoms with van der Waals surface area (Å²) in [6.45, 7) is 0. The molecule has 0 fully saturated rings. The number of nitrogens with one attached hydrogen (secondary N) is 1. The van der Waals surface area contributed by atoms with E-state index >= 15 is 0 Å². The van der Waals surface area contributed by atoms with Crippen LogP contribution >= 0.6 is 22.6 Å². The number of hydrogen-bond acceptors (Lipinski definition) is 2. The minimum absolute atomic E-state index is 0.0563. The summed E-state index contributed by atoms with van der Waals surface area (Å²) in [6, 6.07) is 8.43. The van der Waals surface area contributed by atoms with Gasteiger partial charge in [0.25, 0.3) is 5.91 Å². The topological polar surface area (TPSA) is 66.4 Å². The zero-order valence-corrected chi connectivity index (χ0v) is 13.9. The molecule has 2 aromatic carbocycles. The fraction of sp³-hybridized carbons (Fsp3) is 0.125. The molecule has 23 heavy (non-hydrogen) atoms. The lowest BCUT2D eigenvalue weighted by Gasteiger charge is -2.15. The molecule has 0 unspecified atom stereocenters. The van der Waals surface area contributed by atoms with Gasteiger partial charge in [-0.05, 0) is 52.4 Å². The van der Waals surface area contributed by atoms with Gasteiger partial charge in [-0.1, -0.05) is 12.1 Å². The average Bonchev–Trinajstić information content (AvgIpc) is 2.46. The van der Waals surface area contributed by atoms with Crippen molar-refractivity contribution in [3.8, 4) is 0 Å². The molecule has 2 aromatic rings. The van der Waals surface area contributed by atoms with E-state index in [1.165, 1.54) is 0 Å². The number of hydrogen-bond donors (Lipinski definition) is 2. The Balaban J connectivity index is 2.16. The number of amides is 1. The van der Waals surface area contributed by atoms with Crippen molar-refractivity contribution in [2.75, 3.05) is 0 Å². The molecule has 2 rings (SSSR count). The number of carbonyl (C=O) groups excluding carboxylic acids is 1. The standard InChI is InChI=1S/C16H12F2INO3/c17-10-4-5-12(13(18)8-10)15(21)20-14(16(22)23)7-9-2-1-3-11(19)6-9/h1-6,8,14H,7H2,(H,20,21)(H,22,23)/t14-/m1/s1. The van der Waals surface area contributed by atoms with E-state index in [2.05, 4.69) is 27.9 Å². The highest BCUT2D eigenvalue weighted by Crippen LogP contribution is 2.12. The largest absolute Gasteiger partial charge is 0.480 e. The fourth-order valence-corrected chi connectivity index (χ4v) is 2.62. The first-order valence-corrected chi connectivity index (χ1v) is 7.68. The van der Waals surface area contributed by atoms with Crippen LogP contribution in [0.5, 0.6) is 0 Å². The summed E-state index contributed by atoms with van der Waals surface area (Å²) in [5.41, 5.74) is 0.324. The van der Waals surface area contributed by atoms with Gasteiger partial charge in [-0.3, -0.25) is 4.79 Å². The van der Waals surface area contributed by atoms with Crippen LogP contribution in [0.4, 0.5) is 8.78 Å². The minimum atomic E-state index is -1.24. The van der Waals surface area contributed by atoms with Gasteiger partial charge in [0.1, 0.15) is 17.7 Å². The lowest BCUT2D eigenvalue weighted by molar-refractivity contribution is -0.139. The van der Waals surface area contributed by atoms with Gasteiger partial charge in [-0.15, -0.1) is 0 Å². The van der Waals surface area contributed by atoms with Gasteiger partial charge in [0.05, 0.1) is 5.56 Å². The van der Waals surface area contributed by atoms with Gasteiger partial charge in [0.15, 0.2) is 0 Å². The molecule has 0 spiro atoms. The summed E-state index contributed by atoms with van der Waals surface area (Å²) < 4.78 is 27.4. The number of aliphatic carboxylic acids is 1. The van der Waals surface area contributed by atoms with Crippen LogP contribution in [0.3, 0.4) is 0 Å². The third-order valence-electron chi connectivity index (χ3n) is 3.11. The zero-order valence-electron chi connectivity index (χ0n) is 11.7. The molecule has 0 aliphatic rings. The van der Waals surface area contributed by atoms with Crippen molar-refractivity contribution in [3.63, 3.8) is 0 Å². The third kappa shape index (κ3) is 4.72. The molecule has 0 aliphatic carbocycles. The summed E-state index contributed by atoms with van der Waals surface area (Å²) in [7, 11) is 0. The van der Waals surface area contributed by atoms with Gasteiger partial charge in [-0.2, -0.15) is 0 Å². The predicted molar refractivity (Wildman–Crippen MR) is 88.1 cm³/mol. The predicted octanol–water partition coefficient (Wildman–Crippen LogP) is 3.00. The van der Waals surface area contributed by atoms with Crippen molar-refractivity contribution in [1.29, 1.82) is 0 Å². The highest BCUT2D eigenvalue weighted by molar-refractivity contribution is 14.1. The second kappa shape index (κ2) is 7.49. The number of carbonyl (C=O) groups is 2. The van der Waals surface area contributed by atoms with Crippen molar-refractivity contribution >= 4 is 34.5 Å². The van der Waals surface area contributed by atoms with Crippen LogP contribution in [0.15, 0.2) is 42.5 Å². The first kappa shape index (κ1) is 17.3. The molecule has 0 saturated heterocycles. The molecule has 1 atom stereocenters. The SMILES string of the molecule is O=C(N[C@H](Cc1cccc(I)c1)C(=O)O)c1ccc(F)cc1F. The molecule has 0 bridgehead atoms. The Morgan fingerprint density at radius 2 is 1.91 bits per heavy atom. The summed E-state index contributed by atoms with van der Waals surface area (Å²) >= 11 is 2.09. The number of halogens is 3. The van der Waals surface area contributed by atoms with Crippen LogP contribution < -0.4 is 5.32 Å². The molecular weight excluding hydrogens is 419 g/mol. The number of benzene rings is 2. The third-order valence-corrected chi connectivity index (χ3v) is 3.78. The first-order valence-electron chi connectivity index (χ1n) is 6.60. The Hall–Kier alpha value is -2.03. The molecule has 0 saturated carbocycles. The fourth-order valence-electron chi connectivity index (χ4n) is 2.01. The molecule has 4 nitrogen and oxygen atoms in total. The van der Waals surface area contributed by atoms with E-state index in [0.717, 1.165) is 21.3 Å². The number of rotatable bonds is 5. The van der Waals surface area contributed by atoms with Gasteiger partial charge < -0.3 is 10.4 Å². The Labute approximate surface area is 144 Å². The van der Waals surface area contributed by atoms with Crippen LogP contribution in [0.1, 0.15) is 15.9 Å². The van der Waals surface area contributed by atoms with Crippen molar-refractivity contribution in [2.24, 2.45) is 0 Å². The van der Waals surface area contributed by atoms with Crippen molar-refractivity contribution in [2.45, 2.75) is 12.5 Å². The molecule has 0 radical (unpaired) electrons. The second-order valence-corrected chi connectivity index (χ2v) is 6.07. The van der Waals surface area contributed by atoms with Crippen LogP contribution in [0, 0.1) is 15.2 Å². The van der Waals surface area contributed by atoms with E-state index in [1.807, 2.05) is 6.07 Å². The molecule has 0 aromatic heterocycles. The Morgan fingerprint density at radius 1 is 1.17 bits per heavy atom. The summed E-state index contributed by atoms with van der Waals surface area (Å²) in [5.74, 6) is -3.99. The van der Waals surface area contributed by atoms with E-state index in [9.17, 15) is 23.5 Å². The molecule has 7 heteroatoms. The maximum Gasteiger partial charge on any atom is 0.326 e. The molecule has 2 N–H and O–H groups in total. The highest BCUT2D eigenvalue weighted by atomic mass is 127. The highest BCUT2D eigenvalue weighted by Gasteiger charge is 2.23. The molecule has 0 heterocycles. The van der Waals surface area contributed by atoms with Crippen LogP contribution in [0.2, 0.25) is 0 Å². The maximum absolute atomic E-state index is 13.6. The van der Waals surface area contributed by atoms with Crippen LogP contribution in [-0.4, -0.2) is 23.0 Å². The monoisotopic (exact) mass is 431 g/mol. The van der Waals surface area contributed by atoms with Crippen molar-refractivity contribution in [3.05, 3.63) is 68.8 Å². The molecule has 1 amide bonds. The molecule has 120 valence electrons. The maximum atomic E-state index is 13.6. The van der Waals surface area contributed by atoms with E-state index in [-0.39, 0.29) is 6.42 Å². The first-order chi connectivity index (χ1) is 10.9. The summed E-state index contributed by atoms with van der Waals surface area (Å²) in [5, 5.41) is 11.5. The molecular formula is C16H12F2INO3. The van der Waals surface area contributed by atoms with Gasteiger partial charge in [0.2, 0.25) is 0 Å². The Bertz CT molecular complexity index is 752. The molecule has 0 aliphatic heterocycles. The van der Waals surface area contributed by atoms with Crippen molar-refractivity contribution < 1.29 is 23.5 Å². The van der Waals surface area contributed by atoms with E-state index in [4.69, 9.17) is 0 Å². The van der Waals surface area contributed by atoms with Gasteiger partial charge in [0, 0.05) is 16.1 Å². The quantitative estimate of drug-likeness (QED) is 0.716.